The number of nitrogens with one attached hydrogen (secondary N) is 1. The van der Waals surface area contributed by atoms with Crippen LogP contribution in [0.2, 0.25) is 0 Å². The van der Waals surface area contributed by atoms with Crippen LogP contribution < -0.4 is 5.32 Å². The number of halogens is 2. The third-order valence-corrected chi connectivity index (χ3v) is 3.86. The highest BCUT2D eigenvalue weighted by Gasteiger charge is 2.13. The molecule has 1 aromatic rings. The van der Waals surface area contributed by atoms with Crippen LogP contribution in [0.1, 0.15) is 31.2 Å². The van der Waals surface area contributed by atoms with Crippen LogP contribution in [0.5, 0.6) is 0 Å². The summed E-state index contributed by atoms with van der Waals surface area (Å²) in [5, 5.41) is 3.41. The number of hydrogen-bond donors (Lipinski definition) is 1. The molecule has 1 aliphatic carbocycles. The van der Waals surface area contributed by atoms with E-state index in [4.69, 9.17) is 0 Å². The maximum Gasteiger partial charge on any atom is 0.137 e. The zero-order valence-electron chi connectivity index (χ0n) is 9.31. The van der Waals surface area contributed by atoms with Crippen molar-refractivity contribution in [1.29, 1.82) is 0 Å². The first kappa shape index (κ1) is 12.1. The van der Waals surface area contributed by atoms with Gasteiger partial charge in [0, 0.05) is 6.54 Å². The van der Waals surface area contributed by atoms with Gasteiger partial charge in [-0.05, 0) is 58.9 Å². The van der Waals surface area contributed by atoms with Crippen LogP contribution in [-0.2, 0) is 6.54 Å². The molecule has 16 heavy (non-hydrogen) atoms. The third kappa shape index (κ3) is 3.29. The summed E-state index contributed by atoms with van der Waals surface area (Å²) in [7, 11) is 0. The lowest BCUT2D eigenvalue weighted by molar-refractivity contribution is 0.488. The molecule has 1 aliphatic rings. The molecule has 0 heterocycles. The molecule has 1 aromatic carbocycles. The second kappa shape index (κ2) is 5.78. The van der Waals surface area contributed by atoms with Gasteiger partial charge in [0.2, 0.25) is 0 Å². The minimum Gasteiger partial charge on any atom is -0.312 e. The van der Waals surface area contributed by atoms with Crippen molar-refractivity contribution in [1.82, 2.24) is 5.32 Å². The lowest BCUT2D eigenvalue weighted by Crippen LogP contribution is -2.20. The largest absolute Gasteiger partial charge is 0.312 e. The molecule has 88 valence electrons. The molecule has 0 aliphatic heterocycles. The summed E-state index contributed by atoms with van der Waals surface area (Å²) < 4.78 is 13.8. The Labute approximate surface area is 105 Å². The number of hydrogen-bond acceptors (Lipinski definition) is 1. The van der Waals surface area contributed by atoms with E-state index >= 15 is 0 Å². The molecule has 0 spiro atoms. The van der Waals surface area contributed by atoms with E-state index in [1.807, 2.05) is 6.07 Å². The van der Waals surface area contributed by atoms with Crippen LogP contribution in [0, 0.1) is 11.7 Å². The topological polar surface area (TPSA) is 12.0 Å². The lowest BCUT2D eigenvalue weighted by Gasteiger charge is -2.10. The van der Waals surface area contributed by atoms with E-state index in [0.717, 1.165) is 24.6 Å². The van der Waals surface area contributed by atoms with Gasteiger partial charge in [0.05, 0.1) is 4.47 Å². The minimum atomic E-state index is -0.180. The zero-order chi connectivity index (χ0) is 11.4. The van der Waals surface area contributed by atoms with Crippen LogP contribution >= 0.6 is 15.9 Å². The summed E-state index contributed by atoms with van der Waals surface area (Å²) in [6.07, 6.45) is 5.45. The van der Waals surface area contributed by atoms with E-state index in [0.29, 0.717) is 4.47 Å². The fraction of sp³-hybridized carbons (Fsp3) is 0.538. The highest BCUT2D eigenvalue weighted by Crippen LogP contribution is 2.23. The van der Waals surface area contributed by atoms with Gasteiger partial charge in [0.1, 0.15) is 5.82 Å². The Hall–Kier alpha value is -0.410. The highest BCUT2D eigenvalue weighted by atomic mass is 79.9. The first-order chi connectivity index (χ1) is 7.75. The molecule has 0 unspecified atom stereocenters. The lowest BCUT2D eigenvalue weighted by atomic mass is 10.1. The van der Waals surface area contributed by atoms with Gasteiger partial charge < -0.3 is 5.32 Å². The van der Waals surface area contributed by atoms with Crippen LogP contribution in [0.4, 0.5) is 4.39 Å². The van der Waals surface area contributed by atoms with Gasteiger partial charge in [-0.25, -0.2) is 4.39 Å². The molecule has 0 aromatic heterocycles. The van der Waals surface area contributed by atoms with Crippen LogP contribution in [0.25, 0.3) is 0 Å². The van der Waals surface area contributed by atoms with Crippen molar-refractivity contribution >= 4 is 15.9 Å². The van der Waals surface area contributed by atoms with Gasteiger partial charge >= 0.3 is 0 Å². The Morgan fingerprint density at radius 1 is 1.31 bits per heavy atom. The van der Waals surface area contributed by atoms with Crippen molar-refractivity contribution in [2.24, 2.45) is 5.92 Å². The Morgan fingerprint density at radius 3 is 2.75 bits per heavy atom. The molecule has 1 saturated carbocycles. The highest BCUT2D eigenvalue weighted by molar-refractivity contribution is 9.10. The van der Waals surface area contributed by atoms with Gasteiger partial charge in [-0.1, -0.05) is 18.9 Å². The van der Waals surface area contributed by atoms with E-state index in [-0.39, 0.29) is 5.82 Å². The number of benzene rings is 1. The SMILES string of the molecule is Fc1cc(CNCC2CCCC2)ccc1Br. The van der Waals surface area contributed by atoms with Crippen molar-refractivity contribution in [3.63, 3.8) is 0 Å². The van der Waals surface area contributed by atoms with Crippen molar-refractivity contribution in [3.8, 4) is 0 Å². The molecule has 0 atom stereocenters. The molecule has 3 heteroatoms. The van der Waals surface area contributed by atoms with E-state index in [1.165, 1.54) is 25.7 Å². The first-order valence-electron chi connectivity index (χ1n) is 5.90. The van der Waals surface area contributed by atoms with Crippen molar-refractivity contribution < 1.29 is 4.39 Å². The van der Waals surface area contributed by atoms with Crippen LogP contribution in [0.3, 0.4) is 0 Å². The standard InChI is InChI=1S/C13H17BrFN/c14-12-6-5-11(7-13(12)15)9-16-8-10-3-1-2-4-10/h5-7,10,16H,1-4,8-9H2. The summed E-state index contributed by atoms with van der Waals surface area (Å²) in [5.74, 6) is 0.653. The Bertz CT molecular complexity index is 348. The summed E-state index contributed by atoms with van der Waals surface area (Å²) >= 11 is 3.16. The second-order valence-electron chi connectivity index (χ2n) is 4.53. The molecule has 1 N–H and O–H groups in total. The van der Waals surface area contributed by atoms with Crippen LogP contribution in [-0.4, -0.2) is 6.54 Å². The monoisotopic (exact) mass is 285 g/mol. The Kier molecular flexibility index (Phi) is 4.36. The van der Waals surface area contributed by atoms with E-state index in [1.54, 1.807) is 12.1 Å². The summed E-state index contributed by atoms with van der Waals surface area (Å²) in [6.45, 7) is 1.83. The maximum absolute atomic E-state index is 13.2. The molecule has 0 saturated heterocycles. The predicted molar refractivity (Wildman–Crippen MR) is 67.8 cm³/mol. The fourth-order valence-corrected chi connectivity index (χ4v) is 2.53. The third-order valence-electron chi connectivity index (χ3n) is 3.22. The van der Waals surface area contributed by atoms with Gasteiger partial charge in [-0.2, -0.15) is 0 Å². The Balaban J connectivity index is 1.78. The van der Waals surface area contributed by atoms with Gasteiger partial charge in [-0.15, -0.1) is 0 Å². The molecule has 0 radical (unpaired) electrons. The van der Waals surface area contributed by atoms with Gasteiger partial charge in [-0.3, -0.25) is 0 Å². The summed E-state index contributed by atoms with van der Waals surface area (Å²) in [6, 6.07) is 5.31. The van der Waals surface area contributed by atoms with E-state index < -0.39 is 0 Å². The summed E-state index contributed by atoms with van der Waals surface area (Å²) in [4.78, 5) is 0. The van der Waals surface area contributed by atoms with Crippen molar-refractivity contribution in [3.05, 3.63) is 34.1 Å². The maximum atomic E-state index is 13.2. The number of rotatable bonds is 4. The average Bonchev–Trinajstić information content (AvgIpc) is 2.76. The van der Waals surface area contributed by atoms with Crippen LogP contribution in [0.15, 0.2) is 22.7 Å². The molecule has 1 nitrogen and oxygen atoms in total. The van der Waals surface area contributed by atoms with E-state index in [9.17, 15) is 4.39 Å². The normalized spacial score (nSPS) is 16.9. The second-order valence-corrected chi connectivity index (χ2v) is 5.38. The van der Waals surface area contributed by atoms with Crippen molar-refractivity contribution in [2.45, 2.75) is 32.2 Å². The molecule has 0 amide bonds. The fourth-order valence-electron chi connectivity index (χ4n) is 2.28. The van der Waals surface area contributed by atoms with Gasteiger partial charge in [0.25, 0.3) is 0 Å². The van der Waals surface area contributed by atoms with E-state index in [2.05, 4.69) is 21.2 Å². The average molecular weight is 286 g/mol. The first-order valence-corrected chi connectivity index (χ1v) is 6.69. The Morgan fingerprint density at radius 2 is 2.06 bits per heavy atom. The summed E-state index contributed by atoms with van der Waals surface area (Å²) in [5.41, 5.74) is 1.01. The molecule has 0 bridgehead atoms. The molecule has 2 rings (SSSR count). The smallest absolute Gasteiger partial charge is 0.137 e. The predicted octanol–water partition coefficient (Wildman–Crippen LogP) is 3.87. The minimum absolute atomic E-state index is 0.180. The zero-order valence-corrected chi connectivity index (χ0v) is 10.9. The van der Waals surface area contributed by atoms with Gasteiger partial charge in [0.15, 0.2) is 0 Å². The molecule has 1 fully saturated rings. The van der Waals surface area contributed by atoms with Crippen molar-refractivity contribution in [2.75, 3.05) is 6.54 Å². The molecular formula is C13H17BrFN. The quantitative estimate of drug-likeness (QED) is 0.886. The molecular weight excluding hydrogens is 269 g/mol.